The number of rotatable bonds is 3. The van der Waals surface area contributed by atoms with Crippen molar-refractivity contribution < 1.29 is 18.9 Å². The molecule has 2 rings (SSSR count). The third kappa shape index (κ3) is 2.27. The van der Waals surface area contributed by atoms with Crippen LogP contribution in [-0.2, 0) is 4.79 Å². The van der Waals surface area contributed by atoms with Gasteiger partial charge < -0.3 is 4.42 Å². The number of amides is 3. The molecular weight excluding hydrogens is 235 g/mol. The third-order valence-corrected chi connectivity index (χ3v) is 1.89. The van der Waals surface area contributed by atoms with Crippen molar-refractivity contribution in [3.63, 3.8) is 0 Å². The van der Waals surface area contributed by atoms with Crippen LogP contribution < -0.4 is 5.32 Å². The Morgan fingerprint density at radius 2 is 2.29 bits per heavy atom. The van der Waals surface area contributed by atoms with E-state index in [4.69, 9.17) is 4.42 Å². The maximum atomic E-state index is 11.1. The van der Waals surface area contributed by atoms with Crippen LogP contribution in [0.25, 0.3) is 0 Å². The summed E-state index contributed by atoms with van der Waals surface area (Å²) >= 11 is 0. The largest absolute Gasteiger partial charge is 0.433 e. The van der Waals surface area contributed by atoms with E-state index < -0.39 is 22.7 Å². The molecule has 1 aliphatic heterocycles. The van der Waals surface area contributed by atoms with E-state index in [-0.39, 0.29) is 12.3 Å². The molecule has 1 aromatic rings. The molecule has 2 heterocycles. The SMILES string of the molecule is O=[13C]1[13CH2]N(/N=C/c2ccc([N+](=O)[O-])o2)[13C](=O)N1. The van der Waals surface area contributed by atoms with E-state index in [1.54, 1.807) is 0 Å². The predicted molar refractivity (Wildman–Crippen MR) is 53.2 cm³/mol. The highest BCUT2D eigenvalue weighted by Gasteiger charge is 2.26. The topological polar surface area (TPSA) is 118 Å². The summed E-state index contributed by atoms with van der Waals surface area (Å²) in [7, 11) is 0. The molecule has 0 aliphatic carbocycles. The van der Waals surface area contributed by atoms with Crippen LogP contribution in [0.2, 0.25) is 0 Å². The lowest BCUT2D eigenvalue weighted by Gasteiger charge is -2.02. The number of hydrogen-bond acceptors (Lipinski definition) is 6. The van der Waals surface area contributed by atoms with Gasteiger partial charge in [0.15, 0.2) is 5.76 Å². The van der Waals surface area contributed by atoms with Crippen LogP contribution >= 0.6 is 0 Å². The number of nitrogens with one attached hydrogen (secondary N) is 1. The Hall–Kier alpha value is -2.71. The molecule has 0 saturated carbocycles. The van der Waals surface area contributed by atoms with E-state index >= 15 is 0 Å². The number of carbonyl (C=O) groups is 2. The van der Waals surface area contributed by atoms with Gasteiger partial charge in [0.1, 0.15) is 11.5 Å². The van der Waals surface area contributed by atoms with Crippen molar-refractivity contribution >= 4 is 24.0 Å². The fourth-order valence-corrected chi connectivity index (χ4v) is 1.16. The number of furan rings is 1. The highest BCUT2D eigenvalue weighted by atomic mass is 16.6. The van der Waals surface area contributed by atoms with E-state index in [0.717, 1.165) is 17.3 Å². The maximum absolute atomic E-state index is 11.1. The Kier molecular flexibility index (Phi) is 2.57. The first-order valence-electron chi connectivity index (χ1n) is 4.46. The molecule has 0 unspecified atom stereocenters. The van der Waals surface area contributed by atoms with Crippen molar-refractivity contribution in [3.05, 3.63) is 28.0 Å². The molecule has 1 aliphatic rings. The molecule has 1 fully saturated rings. The van der Waals surface area contributed by atoms with E-state index in [0.29, 0.717) is 0 Å². The second-order valence-electron chi connectivity index (χ2n) is 3.09. The molecule has 1 aromatic heterocycles. The summed E-state index contributed by atoms with van der Waals surface area (Å²) in [5.41, 5.74) is 0. The lowest BCUT2D eigenvalue weighted by atomic mass is 10.5. The molecule has 1 saturated heterocycles. The van der Waals surface area contributed by atoms with Gasteiger partial charge in [-0.15, -0.1) is 0 Å². The van der Waals surface area contributed by atoms with E-state index in [9.17, 15) is 19.7 Å². The van der Waals surface area contributed by atoms with Gasteiger partial charge in [0.2, 0.25) is 5.91 Å². The van der Waals surface area contributed by atoms with Crippen LogP contribution in [-0.4, -0.2) is 34.6 Å². The van der Waals surface area contributed by atoms with Crippen molar-refractivity contribution in [3.8, 4) is 0 Å². The van der Waals surface area contributed by atoms with E-state index in [1.807, 2.05) is 5.32 Å². The lowest BCUT2D eigenvalue weighted by Crippen LogP contribution is -2.24. The first kappa shape index (κ1) is 10.8. The number of urea groups is 1. The van der Waals surface area contributed by atoms with Crippen molar-refractivity contribution in [2.75, 3.05) is 6.54 Å². The highest BCUT2D eigenvalue weighted by molar-refractivity contribution is 6.02. The number of carbonyl (C=O) groups excluding carboxylic acids is 2. The summed E-state index contributed by atoms with van der Waals surface area (Å²) in [4.78, 5) is 31.5. The Morgan fingerprint density at radius 3 is 2.82 bits per heavy atom. The Morgan fingerprint density at radius 1 is 1.53 bits per heavy atom. The second kappa shape index (κ2) is 4.04. The van der Waals surface area contributed by atoms with Gasteiger partial charge in [-0.25, -0.2) is 9.80 Å². The molecule has 0 spiro atoms. The second-order valence-corrected chi connectivity index (χ2v) is 3.09. The number of imide groups is 1. The molecule has 17 heavy (non-hydrogen) atoms. The molecule has 0 atom stereocenters. The summed E-state index contributed by atoms with van der Waals surface area (Å²) in [5.74, 6) is -0.769. The fraction of sp³-hybridized carbons (Fsp3) is 0.125. The zero-order valence-corrected chi connectivity index (χ0v) is 8.32. The van der Waals surface area contributed by atoms with Crippen LogP contribution in [0.15, 0.2) is 21.7 Å². The summed E-state index contributed by atoms with van der Waals surface area (Å²) in [6, 6.07) is 1.85. The smallest absolute Gasteiger partial charge is 0.400 e. The zero-order chi connectivity index (χ0) is 12.4. The molecular formula is C8H6N4O5. The predicted octanol–water partition coefficient (Wildman–Crippen LogP) is 0.0735. The van der Waals surface area contributed by atoms with Crippen LogP contribution in [0.4, 0.5) is 10.7 Å². The van der Waals surface area contributed by atoms with Crippen molar-refractivity contribution in [2.45, 2.75) is 0 Å². The van der Waals surface area contributed by atoms with Crippen molar-refractivity contribution in [2.24, 2.45) is 5.10 Å². The van der Waals surface area contributed by atoms with Crippen molar-refractivity contribution in [1.29, 1.82) is 0 Å². The Balaban J connectivity index is 2.07. The number of hydrazone groups is 1. The molecule has 0 aromatic carbocycles. The van der Waals surface area contributed by atoms with Gasteiger partial charge >= 0.3 is 11.9 Å². The summed E-state index contributed by atoms with van der Waals surface area (Å²) in [6.07, 6.45) is 1.12. The van der Waals surface area contributed by atoms with Crippen LogP contribution in [0.1, 0.15) is 5.76 Å². The van der Waals surface area contributed by atoms with Gasteiger partial charge in [-0.05, 0) is 6.07 Å². The molecule has 0 radical (unpaired) electrons. The first-order valence-corrected chi connectivity index (χ1v) is 4.46. The first-order chi connectivity index (χ1) is 8.06. The Labute approximate surface area is 93.8 Å². The minimum absolute atomic E-state index is 0.115. The molecule has 88 valence electrons. The summed E-state index contributed by atoms with van der Waals surface area (Å²) in [6.45, 7) is -0.182. The lowest BCUT2D eigenvalue weighted by molar-refractivity contribution is -0.402. The molecule has 0 bridgehead atoms. The minimum atomic E-state index is -0.691. The number of nitrogens with zero attached hydrogens (tertiary/aromatic N) is 3. The van der Waals surface area contributed by atoms with Gasteiger partial charge in [-0.2, -0.15) is 5.10 Å². The Bertz CT molecular complexity index is 520. The number of hydrogen-bond donors (Lipinski definition) is 1. The normalized spacial score (nSPS) is 15.6. The average molecular weight is 241 g/mol. The molecule has 9 nitrogen and oxygen atoms in total. The average Bonchev–Trinajstić information content (AvgIpc) is 2.82. The van der Waals surface area contributed by atoms with Gasteiger partial charge in [-0.1, -0.05) is 0 Å². The fourth-order valence-electron chi connectivity index (χ4n) is 1.16. The molecule has 1 N–H and O–H groups in total. The van der Waals surface area contributed by atoms with Gasteiger partial charge in [0, 0.05) is 0 Å². The van der Waals surface area contributed by atoms with E-state index in [1.165, 1.54) is 6.07 Å². The molecule has 9 heteroatoms. The quantitative estimate of drug-likeness (QED) is 0.264. The van der Waals surface area contributed by atoms with Crippen LogP contribution in [0, 0.1) is 10.1 Å². The number of nitro groups is 1. The molecule has 3 amide bonds. The monoisotopic (exact) mass is 241 g/mol. The zero-order valence-electron chi connectivity index (χ0n) is 8.32. The van der Waals surface area contributed by atoms with Crippen molar-refractivity contribution in [1.82, 2.24) is 10.3 Å². The van der Waals surface area contributed by atoms with Crippen LogP contribution in [0.5, 0.6) is 0 Å². The summed E-state index contributed by atoms with van der Waals surface area (Å²) in [5, 5.41) is 16.9. The third-order valence-electron chi connectivity index (χ3n) is 1.89. The standard InChI is InChI=1S/C8H6N4O5/c13-6-4-11(8(14)10-6)9-3-5-1-2-7(17-5)12(15)16/h1-3H,4H2,(H,10,13,14)/b9-3+/i4+1,6+1,8+1. The highest BCUT2D eigenvalue weighted by Crippen LogP contribution is 2.14. The van der Waals surface area contributed by atoms with Gasteiger partial charge in [0.05, 0.1) is 12.3 Å². The van der Waals surface area contributed by atoms with Gasteiger partial charge in [0.25, 0.3) is 0 Å². The van der Waals surface area contributed by atoms with Gasteiger partial charge in [-0.3, -0.25) is 20.2 Å². The van der Waals surface area contributed by atoms with Crippen LogP contribution in [0.3, 0.4) is 0 Å². The summed E-state index contributed by atoms with van der Waals surface area (Å²) < 4.78 is 4.78. The van der Waals surface area contributed by atoms with E-state index in [2.05, 4.69) is 5.10 Å². The minimum Gasteiger partial charge on any atom is -0.400 e. The maximum Gasteiger partial charge on any atom is 0.433 e.